The number of hydrogen-bond donors (Lipinski definition) is 2. The zero-order valence-corrected chi connectivity index (χ0v) is 14.3. The van der Waals surface area contributed by atoms with Crippen LogP contribution in [0.15, 0.2) is 30.6 Å². The highest BCUT2D eigenvalue weighted by Crippen LogP contribution is 2.41. The predicted molar refractivity (Wildman–Crippen MR) is 86.0 cm³/mol. The van der Waals surface area contributed by atoms with E-state index < -0.39 is 29.9 Å². The Balaban J connectivity index is 2.28. The summed E-state index contributed by atoms with van der Waals surface area (Å²) in [7, 11) is 4.07. The van der Waals surface area contributed by atoms with E-state index >= 15 is 0 Å². The lowest BCUT2D eigenvalue weighted by Crippen LogP contribution is -2.46. The van der Waals surface area contributed by atoms with E-state index in [2.05, 4.69) is 10.3 Å². The summed E-state index contributed by atoms with van der Waals surface area (Å²) in [5.41, 5.74) is -3.29. The molecule has 0 fully saturated rings. The topological polar surface area (TPSA) is 85.6 Å². The van der Waals surface area contributed by atoms with Crippen molar-refractivity contribution >= 4 is 11.6 Å². The fourth-order valence-corrected chi connectivity index (χ4v) is 2.40. The monoisotopic (exact) mass is 373 g/mol. The third kappa shape index (κ3) is 3.74. The van der Waals surface area contributed by atoms with E-state index in [0.717, 1.165) is 10.8 Å². The van der Waals surface area contributed by atoms with Crippen molar-refractivity contribution < 1.29 is 32.5 Å². The number of benzene rings is 1. The molecular weight excluding hydrogens is 355 g/mol. The lowest BCUT2D eigenvalue weighted by molar-refractivity contribution is -0.270. The molecule has 2 N–H and O–H groups in total. The number of carbonyl (C=O) groups excluding carboxylic acids is 1. The van der Waals surface area contributed by atoms with Crippen LogP contribution in [0.5, 0.6) is 11.5 Å². The summed E-state index contributed by atoms with van der Waals surface area (Å²) >= 11 is 0. The highest BCUT2D eigenvalue weighted by molar-refractivity contribution is 5.93. The third-order valence-corrected chi connectivity index (χ3v) is 3.76. The van der Waals surface area contributed by atoms with Crippen LogP contribution in [0, 0.1) is 0 Å². The highest BCUT2D eigenvalue weighted by atomic mass is 19.4. The number of imidazole rings is 1. The number of methoxy groups -OCH3 is 2. The van der Waals surface area contributed by atoms with E-state index in [1.807, 2.05) is 0 Å². The Labute approximate surface area is 147 Å². The Kier molecular flexibility index (Phi) is 5.45. The minimum atomic E-state index is -5.10. The van der Waals surface area contributed by atoms with Crippen LogP contribution in [0.4, 0.5) is 18.9 Å². The second kappa shape index (κ2) is 7.24. The number of aromatic nitrogens is 2. The Morgan fingerprint density at radius 3 is 2.50 bits per heavy atom. The van der Waals surface area contributed by atoms with E-state index in [1.165, 1.54) is 45.7 Å². The van der Waals surface area contributed by atoms with Crippen LogP contribution in [0.25, 0.3) is 0 Å². The number of ether oxygens (including phenoxy) is 2. The van der Waals surface area contributed by atoms with Crippen LogP contribution in [0.3, 0.4) is 0 Å². The Morgan fingerprint density at radius 1 is 1.31 bits per heavy atom. The van der Waals surface area contributed by atoms with Gasteiger partial charge in [-0.05, 0) is 12.1 Å². The van der Waals surface area contributed by atoms with Crippen molar-refractivity contribution in [2.45, 2.75) is 18.2 Å². The number of hydrogen-bond acceptors (Lipinski definition) is 5. The molecule has 0 aliphatic heterocycles. The first-order valence-corrected chi connectivity index (χ1v) is 7.41. The number of aryl methyl sites for hydroxylation is 1. The molecule has 2 aromatic rings. The average molecular weight is 373 g/mol. The van der Waals surface area contributed by atoms with E-state index in [4.69, 9.17) is 9.47 Å². The summed E-state index contributed by atoms with van der Waals surface area (Å²) in [6, 6.07) is 4.39. The number of aliphatic hydroxyl groups is 1. The molecule has 0 bridgehead atoms. The molecule has 0 saturated carbocycles. The first-order chi connectivity index (χ1) is 12.1. The Bertz CT molecular complexity index is 791. The third-order valence-electron chi connectivity index (χ3n) is 3.76. The molecule has 7 nitrogen and oxygen atoms in total. The van der Waals surface area contributed by atoms with Gasteiger partial charge >= 0.3 is 6.18 Å². The molecule has 0 saturated heterocycles. The van der Waals surface area contributed by atoms with Gasteiger partial charge < -0.3 is 24.5 Å². The van der Waals surface area contributed by atoms with Crippen molar-refractivity contribution in [1.29, 1.82) is 0 Å². The van der Waals surface area contributed by atoms with Gasteiger partial charge in [-0.3, -0.25) is 4.79 Å². The molecule has 0 unspecified atom stereocenters. The molecule has 10 heteroatoms. The maximum absolute atomic E-state index is 13.5. The number of nitrogens with one attached hydrogen (secondary N) is 1. The van der Waals surface area contributed by atoms with E-state index in [0.29, 0.717) is 5.75 Å². The molecule has 1 aromatic heterocycles. The van der Waals surface area contributed by atoms with Crippen LogP contribution < -0.4 is 14.8 Å². The van der Waals surface area contributed by atoms with Gasteiger partial charge in [0.1, 0.15) is 11.5 Å². The predicted octanol–water partition coefficient (Wildman–Crippen LogP) is 2.22. The van der Waals surface area contributed by atoms with Crippen LogP contribution >= 0.6 is 0 Å². The van der Waals surface area contributed by atoms with E-state index in [-0.39, 0.29) is 11.4 Å². The summed E-state index contributed by atoms with van der Waals surface area (Å²) in [4.78, 5) is 15.8. The second-order valence-electron chi connectivity index (χ2n) is 5.51. The minimum Gasteiger partial charge on any atom is -0.497 e. The van der Waals surface area contributed by atoms with Crippen LogP contribution in [-0.2, 0) is 17.4 Å². The maximum atomic E-state index is 13.5. The summed E-state index contributed by atoms with van der Waals surface area (Å²) in [6.45, 7) is 0. The molecule has 26 heavy (non-hydrogen) atoms. The zero-order valence-electron chi connectivity index (χ0n) is 14.3. The van der Waals surface area contributed by atoms with Crippen molar-refractivity contribution in [3.63, 3.8) is 0 Å². The minimum absolute atomic E-state index is 0.141. The van der Waals surface area contributed by atoms with Gasteiger partial charge in [-0.15, -0.1) is 0 Å². The molecule has 142 valence electrons. The van der Waals surface area contributed by atoms with Gasteiger partial charge in [-0.25, -0.2) is 4.98 Å². The van der Waals surface area contributed by atoms with Gasteiger partial charge in [0.15, 0.2) is 5.82 Å². The number of carbonyl (C=O) groups is 1. The standard InChI is InChI=1S/C16H18F3N3O4/c1-22-7-6-20-14(22)15(24,16(17,18)19)9-13(23)21-11-5-4-10(25-2)8-12(11)26-3/h4-8,24H,9H2,1-3H3,(H,21,23)/t15-/m1/s1. The normalized spacial score (nSPS) is 13.8. The van der Waals surface area contributed by atoms with Gasteiger partial charge in [0, 0.05) is 25.5 Å². The molecule has 2 rings (SSSR count). The van der Waals surface area contributed by atoms with Gasteiger partial charge in [-0.1, -0.05) is 0 Å². The zero-order chi connectivity index (χ0) is 19.5. The first kappa shape index (κ1) is 19.6. The summed E-state index contributed by atoms with van der Waals surface area (Å²) in [5, 5.41) is 12.5. The van der Waals surface area contributed by atoms with Crippen molar-refractivity contribution in [3.05, 3.63) is 36.4 Å². The molecule has 1 aromatic carbocycles. The quantitative estimate of drug-likeness (QED) is 0.811. The van der Waals surface area contributed by atoms with Gasteiger partial charge in [0.2, 0.25) is 11.5 Å². The lowest BCUT2D eigenvalue weighted by atomic mass is 9.97. The summed E-state index contributed by atoms with van der Waals surface area (Å²) < 4.78 is 51.5. The smallest absolute Gasteiger partial charge is 0.425 e. The fraction of sp³-hybridized carbons (Fsp3) is 0.375. The maximum Gasteiger partial charge on any atom is 0.425 e. The Hall–Kier alpha value is -2.75. The SMILES string of the molecule is COc1ccc(NC(=O)C[C@@](O)(c2nccn2C)C(F)(F)F)c(OC)c1. The van der Waals surface area contributed by atoms with E-state index in [9.17, 15) is 23.1 Å². The lowest BCUT2D eigenvalue weighted by Gasteiger charge is -2.29. The number of anilines is 1. The molecule has 1 amide bonds. The number of halogens is 3. The van der Waals surface area contributed by atoms with Crippen molar-refractivity contribution in [2.75, 3.05) is 19.5 Å². The van der Waals surface area contributed by atoms with E-state index in [1.54, 1.807) is 0 Å². The van der Waals surface area contributed by atoms with Gasteiger partial charge in [0.25, 0.3) is 0 Å². The molecule has 1 atom stereocenters. The van der Waals surface area contributed by atoms with Crippen molar-refractivity contribution in [2.24, 2.45) is 7.05 Å². The Morgan fingerprint density at radius 2 is 2.00 bits per heavy atom. The van der Waals surface area contributed by atoms with Crippen LogP contribution in [0.2, 0.25) is 0 Å². The number of amides is 1. The van der Waals surface area contributed by atoms with Gasteiger partial charge in [-0.2, -0.15) is 13.2 Å². The largest absolute Gasteiger partial charge is 0.497 e. The number of rotatable bonds is 6. The fourth-order valence-electron chi connectivity index (χ4n) is 2.40. The highest BCUT2D eigenvalue weighted by Gasteiger charge is 2.58. The summed E-state index contributed by atoms with van der Waals surface area (Å²) in [5.74, 6) is -1.09. The first-order valence-electron chi connectivity index (χ1n) is 7.41. The van der Waals surface area contributed by atoms with Crippen molar-refractivity contribution in [3.8, 4) is 11.5 Å². The molecular formula is C16H18F3N3O4. The molecule has 0 aliphatic rings. The van der Waals surface area contributed by atoms with Crippen molar-refractivity contribution in [1.82, 2.24) is 9.55 Å². The van der Waals surface area contributed by atoms with Crippen LogP contribution in [0.1, 0.15) is 12.2 Å². The van der Waals surface area contributed by atoms with Gasteiger partial charge in [0.05, 0.1) is 26.3 Å². The molecule has 0 spiro atoms. The molecule has 0 radical (unpaired) electrons. The average Bonchev–Trinajstić information content (AvgIpc) is 3.00. The number of nitrogens with zero attached hydrogens (tertiary/aromatic N) is 2. The van der Waals surface area contributed by atoms with Crippen LogP contribution in [-0.4, -0.2) is 41.0 Å². The second-order valence-corrected chi connectivity index (χ2v) is 5.51. The molecule has 0 aliphatic carbocycles. The summed E-state index contributed by atoms with van der Waals surface area (Å²) in [6.07, 6.45) is -4.02. The number of alkyl halides is 3. The molecule has 1 heterocycles.